The molecule has 1 aliphatic heterocycles. The Bertz CT molecular complexity index is 767. The molecule has 2 N–H and O–H groups in total. The molecular formula is C19H20N2O4. The van der Waals surface area contributed by atoms with Gasteiger partial charge in [-0.05, 0) is 30.0 Å². The molecule has 0 bridgehead atoms. The van der Waals surface area contributed by atoms with Gasteiger partial charge in [0.05, 0.1) is 11.7 Å². The molecule has 130 valence electrons. The average molecular weight is 340 g/mol. The maximum Gasteiger partial charge on any atom is 0.259 e. The smallest absolute Gasteiger partial charge is 0.259 e. The molecule has 0 spiro atoms. The highest BCUT2D eigenvalue weighted by Gasteiger charge is 2.37. The van der Waals surface area contributed by atoms with Gasteiger partial charge in [-0.15, -0.1) is 0 Å². The number of hydrogen-bond donors (Lipinski definition) is 1. The first kappa shape index (κ1) is 18.3. The van der Waals surface area contributed by atoms with E-state index in [1.165, 1.54) is 4.90 Å². The average Bonchev–Trinajstić information content (AvgIpc) is 2.85. The van der Waals surface area contributed by atoms with E-state index in [9.17, 15) is 19.2 Å². The molecule has 1 atom stereocenters. The van der Waals surface area contributed by atoms with E-state index in [2.05, 4.69) is 13.2 Å². The van der Waals surface area contributed by atoms with E-state index in [1.54, 1.807) is 12.1 Å². The first-order chi connectivity index (χ1) is 12.0. The molecule has 2 rings (SSSR count). The van der Waals surface area contributed by atoms with E-state index in [0.29, 0.717) is 30.4 Å². The lowest BCUT2D eigenvalue weighted by Gasteiger charge is -2.24. The standard InChI is InChI=1S/C19H20N2O4/c1-3-15-13(5-4-10-22)6-8-16-18(15)12(2)19(25)21(16)14(11-23)7-9-17(20)24/h3,6,8,10-11,14H,1-2,4-5,7,9H2,(H2,20,24). The number of nitrogens with two attached hydrogens (primary N) is 1. The van der Waals surface area contributed by atoms with Crippen molar-refractivity contribution in [3.8, 4) is 0 Å². The molecule has 1 unspecified atom stereocenters. The van der Waals surface area contributed by atoms with Crippen LogP contribution in [0.5, 0.6) is 0 Å². The van der Waals surface area contributed by atoms with Crippen molar-refractivity contribution in [1.29, 1.82) is 0 Å². The predicted molar refractivity (Wildman–Crippen MR) is 95.7 cm³/mol. The van der Waals surface area contributed by atoms with Crippen LogP contribution in [0.4, 0.5) is 5.69 Å². The van der Waals surface area contributed by atoms with Gasteiger partial charge in [-0.3, -0.25) is 14.5 Å². The van der Waals surface area contributed by atoms with Crippen LogP contribution in [0.25, 0.3) is 11.6 Å². The van der Waals surface area contributed by atoms with Crippen LogP contribution in [0, 0.1) is 0 Å². The Morgan fingerprint density at radius 3 is 2.60 bits per heavy atom. The number of benzene rings is 1. The molecule has 0 aromatic heterocycles. The lowest BCUT2D eigenvalue weighted by Crippen LogP contribution is -2.39. The summed E-state index contributed by atoms with van der Waals surface area (Å²) in [7, 11) is 0. The van der Waals surface area contributed by atoms with Crippen LogP contribution in [0.1, 0.15) is 36.0 Å². The quantitative estimate of drug-likeness (QED) is 0.546. The summed E-state index contributed by atoms with van der Waals surface area (Å²) in [6.45, 7) is 7.65. The molecule has 2 amide bonds. The van der Waals surface area contributed by atoms with Crippen molar-refractivity contribution in [2.45, 2.75) is 31.7 Å². The molecular weight excluding hydrogens is 320 g/mol. The zero-order chi connectivity index (χ0) is 18.6. The Kier molecular flexibility index (Phi) is 5.64. The van der Waals surface area contributed by atoms with Gasteiger partial charge in [-0.25, -0.2) is 0 Å². The third-order valence-corrected chi connectivity index (χ3v) is 4.26. The highest BCUT2D eigenvalue weighted by molar-refractivity contribution is 6.33. The van der Waals surface area contributed by atoms with Crippen molar-refractivity contribution in [3.63, 3.8) is 0 Å². The van der Waals surface area contributed by atoms with E-state index in [0.717, 1.165) is 17.4 Å². The van der Waals surface area contributed by atoms with Gasteiger partial charge in [0.1, 0.15) is 12.6 Å². The number of primary amides is 1. The topological polar surface area (TPSA) is 97.5 Å². The second kappa shape index (κ2) is 7.70. The third kappa shape index (κ3) is 3.42. The van der Waals surface area contributed by atoms with Crippen molar-refractivity contribution < 1.29 is 19.2 Å². The van der Waals surface area contributed by atoms with E-state index in [-0.39, 0.29) is 24.3 Å². The van der Waals surface area contributed by atoms with Gasteiger partial charge in [0.15, 0.2) is 0 Å². The Hall–Kier alpha value is -3.02. The number of carbonyl (C=O) groups is 4. The monoisotopic (exact) mass is 340 g/mol. The van der Waals surface area contributed by atoms with Crippen LogP contribution >= 0.6 is 0 Å². The zero-order valence-corrected chi connectivity index (χ0v) is 13.9. The van der Waals surface area contributed by atoms with Gasteiger partial charge in [-0.2, -0.15) is 0 Å². The van der Waals surface area contributed by atoms with Crippen LogP contribution in [0.15, 0.2) is 25.3 Å². The largest absolute Gasteiger partial charge is 0.370 e. The summed E-state index contributed by atoms with van der Waals surface area (Å²) >= 11 is 0. The Labute approximate surface area is 146 Å². The predicted octanol–water partition coefficient (Wildman–Crippen LogP) is 1.65. The number of nitrogens with zero attached hydrogens (tertiary/aromatic N) is 1. The van der Waals surface area contributed by atoms with Gasteiger partial charge in [0.2, 0.25) is 5.91 Å². The van der Waals surface area contributed by atoms with Crippen LogP contribution < -0.4 is 10.6 Å². The summed E-state index contributed by atoms with van der Waals surface area (Å²) < 4.78 is 0. The first-order valence-corrected chi connectivity index (χ1v) is 7.94. The summed E-state index contributed by atoms with van der Waals surface area (Å²) in [6.07, 6.45) is 4.13. The molecule has 1 heterocycles. The lowest BCUT2D eigenvalue weighted by atomic mass is 9.94. The molecule has 0 saturated heterocycles. The van der Waals surface area contributed by atoms with Gasteiger partial charge in [0, 0.05) is 24.0 Å². The zero-order valence-electron chi connectivity index (χ0n) is 13.9. The number of fused-ring (bicyclic) bond motifs is 1. The van der Waals surface area contributed by atoms with Crippen LogP contribution in [-0.2, 0) is 25.6 Å². The van der Waals surface area contributed by atoms with Crippen molar-refractivity contribution in [2.24, 2.45) is 5.73 Å². The van der Waals surface area contributed by atoms with E-state index >= 15 is 0 Å². The Morgan fingerprint density at radius 1 is 1.32 bits per heavy atom. The van der Waals surface area contributed by atoms with E-state index in [4.69, 9.17) is 5.73 Å². The maximum absolute atomic E-state index is 12.7. The minimum absolute atomic E-state index is 0.000724. The number of amides is 2. The minimum atomic E-state index is -0.795. The Balaban J connectivity index is 2.49. The SMILES string of the molecule is C=Cc1c(CCC=O)ccc2c1C(=C)C(=O)N2C(C=O)CCC(N)=O. The number of anilines is 1. The van der Waals surface area contributed by atoms with Crippen molar-refractivity contribution in [1.82, 2.24) is 0 Å². The second-order valence-corrected chi connectivity index (χ2v) is 5.80. The fourth-order valence-corrected chi connectivity index (χ4v) is 3.07. The van der Waals surface area contributed by atoms with Crippen LogP contribution in [-0.4, -0.2) is 30.4 Å². The fourth-order valence-electron chi connectivity index (χ4n) is 3.07. The third-order valence-electron chi connectivity index (χ3n) is 4.26. The van der Waals surface area contributed by atoms with E-state index < -0.39 is 11.9 Å². The number of aryl methyl sites for hydroxylation is 1. The first-order valence-electron chi connectivity index (χ1n) is 7.94. The van der Waals surface area contributed by atoms with Crippen molar-refractivity contribution in [2.75, 3.05) is 4.90 Å². The van der Waals surface area contributed by atoms with Crippen LogP contribution in [0.2, 0.25) is 0 Å². The van der Waals surface area contributed by atoms with Gasteiger partial charge in [0.25, 0.3) is 5.91 Å². The second-order valence-electron chi connectivity index (χ2n) is 5.80. The van der Waals surface area contributed by atoms with Gasteiger partial charge in [-0.1, -0.05) is 25.3 Å². The highest BCUT2D eigenvalue weighted by Crippen LogP contribution is 2.41. The van der Waals surface area contributed by atoms with Crippen LogP contribution in [0.3, 0.4) is 0 Å². The summed E-state index contributed by atoms with van der Waals surface area (Å²) in [4.78, 5) is 47.2. The summed E-state index contributed by atoms with van der Waals surface area (Å²) in [5.41, 5.74) is 8.21. The molecule has 6 heteroatoms. The molecule has 1 aromatic carbocycles. The van der Waals surface area contributed by atoms with Crippen molar-refractivity contribution >= 4 is 41.7 Å². The summed E-state index contributed by atoms with van der Waals surface area (Å²) in [6, 6.07) is 2.75. The highest BCUT2D eigenvalue weighted by atomic mass is 16.2. The van der Waals surface area contributed by atoms with E-state index in [1.807, 2.05) is 6.07 Å². The fraction of sp³-hybridized carbons (Fsp3) is 0.263. The molecule has 0 radical (unpaired) electrons. The summed E-state index contributed by atoms with van der Waals surface area (Å²) in [5, 5.41) is 0. The number of rotatable bonds is 9. The van der Waals surface area contributed by atoms with Gasteiger partial charge >= 0.3 is 0 Å². The molecule has 25 heavy (non-hydrogen) atoms. The van der Waals surface area contributed by atoms with Gasteiger partial charge < -0.3 is 15.3 Å². The molecule has 0 aliphatic carbocycles. The maximum atomic E-state index is 12.7. The summed E-state index contributed by atoms with van der Waals surface area (Å²) in [5.74, 6) is -0.916. The molecule has 0 fully saturated rings. The number of hydrogen-bond acceptors (Lipinski definition) is 4. The number of aldehydes is 2. The van der Waals surface area contributed by atoms with Crippen molar-refractivity contribution in [3.05, 3.63) is 42.0 Å². The molecule has 1 aromatic rings. The molecule has 6 nitrogen and oxygen atoms in total. The lowest BCUT2D eigenvalue weighted by molar-refractivity contribution is -0.119. The molecule has 0 saturated carbocycles. The minimum Gasteiger partial charge on any atom is -0.370 e. The normalized spacial score (nSPS) is 14.2. The number of carbonyl (C=O) groups excluding carboxylic acids is 4. The molecule has 1 aliphatic rings. The Morgan fingerprint density at radius 2 is 2.04 bits per heavy atom.